The van der Waals surface area contributed by atoms with Crippen molar-refractivity contribution in [1.29, 1.82) is 0 Å². The molecule has 2 aromatic rings. The molecule has 25 heavy (non-hydrogen) atoms. The predicted molar refractivity (Wildman–Crippen MR) is 105 cm³/mol. The number of benzene rings is 2. The lowest BCUT2D eigenvalue weighted by atomic mass is 10.2. The standard InChI is InChI=1S/C19H21Cl2N3O/c1-14(19(25)22-18-8-7-15(20)13-17(18)21)23-9-11-24(12-10-23)16-5-3-2-4-6-16/h2-8,13-14H,9-12H2,1H3,(H,22,25)/t14-/m0/s1. The number of halogens is 2. The minimum absolute atomic E-state index is 0.0580. The lowest BCUT2D eigenvalue weighted by Crippen LogP contribution is -2.52. The molecule has 0 saturated carbocycles. The highest BCUT2D eigenvalue weighted by Crippen LogP contribution is 2.26. The molecule has 1 aliphatic heterocycles. The van der Waals surface area contributed by atoms with Crippen LogP contribution in [-0.4, -0.2) is 43.0 Å². The topological polar surface area (TPSA) is 35.6 Å². The molecule has 2 aromatic carbocycles. The Labute approximate surface area is 158 Å². The van der Waals surface area contributed by atoms with E-state index in [0.717, 1.165) is 26.2 Å². The number of anilines is 2. The summed E-state index contributed by atoms with van der Waals surface area (Å²) >= 11 is 12.0. The molecular weight excluding hydrogens is 357 g/mol. The Bertz CT molecular complexity index is 731. The maximum Gasteiger partial charge on any atom is 0.241 e. The zero-order chi connectivity index (χ0) is 17.8. The highest BCUT2D eigenvalue weighted by Gasteiger charge is 2.26. The van der Waals surface area contributed by atoms with Crippen molar-refractivity contribution in [1.82, 2.24) is 4.90 Å². The maximum atomic E-state index is 12.5. The van der Waals surface area contributed by atoms with E-state index in [1.807, 2.05) is 25.1 Å². The molecule has 0 radical (unpaired) electrons. The highest BCUT2D eigenvalue weighted by molar-refractivity contribution is 6.36. The summed E-state index contributed by atoms with van der Waals surface area (Å²) in [7, 11) is 0. The molecule has 0 aromatic heterocycles. The molecule has 0 aliphatic carbocycles. The smallest absolute Gasteiger partial charge is 0.241 e. The Kier molecular flexibility index (Phi) is 5.84. The van der Waals surface area contributed by atoms with E-state index in [1.54, 1.807) is 18.2 Å². The van der Waals surface area contributed by atoms with Gasteiger partial charge in [0.15, 0.2) is 0 Å². The zero-order valence-electron chi connectivity index (χ0n) is 14.1. The number of para-hydroxylation sites is 1. The van der Waals surface area contributed by atoms with Crippen LogP contribution in [0, 0.1) is 0 Å². The molecular formula is C19H21Cl2N3O. The van der Waals surface area contributed by atoms with Gasteiger partial charge >= 0.3 is 0 Å². The normalized spacial score (nSPS) is 16.5. The van der Waals surface area contributed by atoms with Crippen LogP contribution in [0.4, 0.5) is 11.4 Å². The SMILES string of the molecule is C[C@@H](C(=O)Nc1ccc(Cl)cc1Cl)N1CCN(c2ccccc2)CC1. The van der Waals surface area contributed by atoms with Crippen LogP contribution in [0.5, 0.6) is 0 Å². The second kappa shape index (κ2) is 8.09. The molecule has 0 spiro atoms. The fourth-order valence-corrected chi connectivity index (χ4v) is 3.46. The first-order valence-corrected chi connectivity index (χ1v) is 9.10. The van der Waals surface area contributed by atoms with Crippen LogP contribution in [0.15, 0.2) is 48.5 Å². The molecule has 1 amide bonds. The van der Waals surface area contributed by atoms with Gasteiger partial charge in [0, 0.05) is 36.9 Å². The number of carbonyl (C=O) groups is 1. The van der Waals surface area contributed by atoms with E-state index in [1.165, 1.54) is 5.69 Å². The van der Waals surface area contributed by atoms with E-state index in [4.69, 9.17) is 23.2 Å². The largest absolute Gasteiger partial charge is 0.369 e. The predicted octanol–water partition coefficient (Wildman–Crippen LogP) is 4.14. The summed E-state index contributed by atoms with van der Waals surface area (Å²) in [5.41, 5.74) is 1.82. The Morgan fingerprint density at radius 2 is 1.72 bits per heavy atom. The molecule has 0 bridgehead atoms. The van der Waals surface area contributed by atoms with Gasteiger partial charge in [-0.25, -0.2) is 0 Å². The summed E-state index contributed by atoms with van der Waals surface area (Å²) in [6, 6.07) is 15.2. The summed E-state index contributed by atoms with van der Waals surface area (Å²) in [5, 5.41) is 3.89. The first kappa shape index (κ1) is 18.1. The van der Waals surface area contributed by atoms with Crippen LogP contribution < -0.4 is 10.2 Å². The molecule has 1 fully saturated rings. The summed E-state index contributed by atoms with van der Waals surface area (Å²) in [4.78, 5) is 17.1. The average molecular weight is 378 g/mol. The first-order chi connectivity index (χ1) is 12.0. The van der Waals surface area contributed by atoms with Crippen molar-refractivity contribution in [2.24, 2.45) is 0 Å². The third-order valence-electron chi connectivity index (χ3n) is 4.55. The van der Waals surface area contributed by atoms with E-state index in [9.17, 15) is 4.79 Å². The molecule has 1 saturated heterocycles. The quantitative estimate of drug-likeness (QED) is 0.869. The molecule has 1 heterocycles. The lowest BCUT2D eigenvalue weighted by molar-refractivity contribution is -0.120. The molecule has 132 valence electrons. The van der Waals surface area contributed by atoms with E-state index in [-0.39, 0.29) is 11.9 Å². The number of rotatable bonds is 4. The number of hydrogen-bond donors (Lipinski definition) is 1. The molecule has 1 N–H and O–H groups in total. The minimum atomic E-state index is -0.218. The van der Waals surface area contributed by atoms with Crippen molar-refractivity contribution < 1.29 is 4.79 Å². The number of amides is 1. The third kappa shape index (κ3) is 4.46. The molecule has 1 atom stereocenters. The van der Waals surface area contributed by atoms with Gasteiger partial charge in [-0.05, 0) is 37.3 Å². The van der Waals surface area contributed by atoms with Crippen LogP contribution in [0.25, 0.3) is 0 Å². The van der Waals surface area contributed by atoms with Crippen molar-refractivity contribution in [3.63, 3.8) is 0 Å². The highest BCUT2D eigenvalue weighted by atomic mass is 35.5. The van der Waals surface area contributed by atoms with E-state index in [0.29, 0.717) is 15.7 Å². The summed E-state index contributed by atoms with van der Waals surface area (Å²) in [5.74, 6) is -0.0580. The van der Waals surface area contributed by atoms with Crippen LogP contribution in [0.2, 0.25) is 10.0 Å². The Morgan fingerprint density at radius 1 is 1.04 bits per heavy atom. The van der Waals surface area contributed by atoms with Gasteiger partial charge in [-0.15, -0.1) is 0 Å². The fraction of sp³-hybridized carbons (Fsp3) is 0.316. The van der Waals surface area contributed by atoms with Gasteiger partial charge < -0.3 is 10.2 Å². The Balaban J connectivity index is 1.56. The Hall–Kier alpha value is -1.75. The van der Waals surface area contributed by atoms with Gasteiger partial charge in [0.25, 0.3) is 0 Å². The number of piperazine rings is 1. The average Bonchev–Trinajstić information content (AvgIpc) is 2.64. The van der Waals surface area contributed by atoms with E-state index < -0.39 is 0 Å². The summed E-state index contributed by atoms with van der Waals surface area (Å²) in [6.07, 6.45) is 0. The molecule has 4 nitrogen and oxygen atoms in total. The fourth-order valence-electron chi connectivity index (χ4n) is 3.00. The second-order valence-electron chi connectivity index (χ2n) is 6.15. The van der Waals surface area contributed by atoms with Crippen LogP contribution >= 0.6 is 23.2 Å². The van der Waals surface area contributed by atoms with Crippen molar-refractivity contribution in [2.45, 2.75) is 13.0 Å². The molecule has 0 unspecified atom stereocenters. The summed E-state index contributed by atoms with van der Waals surface area (Å²) in [6.45, 7) is 5.43. The third-order valence-corrected chi connectivity index (χ3v) is 5.10. The van der Waals surface area contributed by atoms with E-state index in [2.05, 4.69) is 27.2 Å². The second-order valence-corrected chi connectivity index (χ2v) is 6.99. The van der Waals surface area contributed by atoms with Crippen molar-refractivity contribution in [3.8, 4) is 0 Å². The number of carbonyl (C=O) groups excluding carboxylic acids is 1. The van der Waals surface area contributed by atoms with Crippen molar-refractivity contribution in [3.05, 3.63) is 58.6 Å². The van der Waals surface area contributed by atoms with Crippen LogP contribution in [-0.2, 0) is 4.79 Å². The van der Waals surface area contributed by atoms with Crippen molar-refractivity contribution in [2.75, 3.05) is 36.4 Å². The van der Waals surface area contributed by atoms with Gasteiger partial charge in [-0.3, -0.25) is 9.69 Å². The maximum absolute atomic E-state index is 12.5. The van der Waals surface area contributed by atoms with Crippen molar-refractivity contribution >= 4 is 40.5 Å². The van der Waals surface area contributed by atoms with Crippen LogP contribution in [0.3, 0.4) is 0 Å². The monoisotopic (exact) mass is 377 g/mol. The molecule has 6 heteroatoms. The van der Waals surface area contributed by atoms with Gasteiger partial charge in [-0.1, -0.05) is 41.4 Å². The minimum Gasteiger partial charge on any atom is -0.369 e. The summed E-state index contributed by atoms with van der Waals surface area (Å²) < 4.78 is 0. The van der Waals surface area contributed by atoms with E-state index >= 15 is 0 Å². The Morgan fingerprint density at radius 3 is 2.36 bits per heavy atom. The molecule has 1 aliphatic rings. The van der Waals surface area contributed by atoms with Gasteiger partial charge in [0.05, 0.1) is 16.8 Å². The molecule has 3 rings (SSSR count). The number of nitrogens with one attached hydrogen (secondary N) is 1. The van der Waals surface area contributed by atoms with Gasteiger partial charge in [-0.2, -0.15) is 0 Å². The van der Waals surface area contributed by atoms with Gasteiger partial charge in [0.1, 0.15) is 0 Å². The number of hydrogen-bond acceptors (Lipinski definition) is 3. The van der Waals surface area contributed by atoms with Gasteiger partial charge in [0.2, 0.25) is 5.91 Å². The number of nitrogens with zero attached hydrogens (tertiary/aromatic N) is 2. The van der Waals surface area contributed by atoms with Crippen LogP contribution in [0.1, 0.15) is 6.92 Å². The zero-order valence-corrected chi connectivity index (χ0v) is 15.6. The lowest BCUT2D eigenvalue weighted by Gasteiger charge is -2.38. The first-order valence-electron chi connectivity index (χ1n) is 8.34.